The van der Waals surface area contributed by atoms with E-state index in [1.165, 1.54) is 20.8 Å². The summed E-state index contributed by atoms with van der Waals surface area (Å²) in [7, 11) is 0. The molecule has 96 heavy (non-hydrogen) atoms. The minimum Gasteiger partial charge on any atom is -0.394 e. The Morgan fingerprint density at radius 2 is 0.760 bits per heavy atom. The summed E-state index contributed by atoms with van der Waals surface area (Å²) in [6.07, 6.45) is -17.7. The molecule has 0 radical (unpaired) electrons. The quantitative estimate of drug-likeness (QED) is 0.0252. The summed E-state index contributed by atoms with van der Waals surface area (Å²) >= 11 is 0. The molecular formula is C60H108N8O28. The molecule has 3 fully saturated rings. The van der Waals surface area contributed by atoms with Crippen molar-refractivity contribution in [3.05, 3.63) is 0 Å². The van der Waals surface area contributed by atoms with Crippen LogP contribution >= 0.6 is 0 Å². The topological polar surface area (TPSA) is 516 Å². The maximum absolute atomic E-state index is 13.8. The fourth-order valence-corrected chi connectivity index (χ4v) is 10.2. The van der Waals surface area contributed by atoms with E-state index in [1.807, 2.05) is 34.6 Å². The standard InChI is InChI=1S/C60H108N8O28/c1-33(72)64-44-50(81)47(78)38(29-69)93-55(44)89-26-23-86-20-17-61-41(75)13-11-36(53(84)62-18-21-87-24-27-90-56-45(65-34(2)73)51(82)48(79)39(30-70)94-56)67-42(76)14-12-37(68-43(77)15-16-59(7,8)92-32-60(9,10)96-58(4,5)6)54(85)63-19-22-88-25-28-91-57-46(66-35(3)74)52(83)49(80)40(31-71)95-57/h36-40,44-52,55-57,69-71,78-83H,11-32H2,1-10H3,(H,61,75)(H,62,84)(H,63,85)(H,64,72)(H,65,73)(H,66,74)(H,67,76)(H,68,77). The average molecular weight is 1390 g/mol. The summed E-state index contributed by atoms with van der Waals surface area (Å²) in [5.41, 5.74) is -1.96. The number of aliphatic hydroxyl groups is 9. The number of aliphatic hydroxyl groups excluding tert-OH is 9. The Bertz CT molecular complexity index is 2380. The van der Waals surface area contributed by atoms with Gasteiger partial charge >= 0.3 is 0 Å². The molecule has 3 rings (SSSR count). The first-order valence-electron chi connectivity index (χ1n) is 32.1. The highest BCUT2D eigenvalue weighted by atomic mass is 16.7. The zero-order valence-electron chi connectivity index (χ0n) is 56.7. The zero-order valence-corrected chi connectivity index (χ0v) is 56.7. The van der Waals surface area contributed by atoms with Crippen molar-refractivity contribution >= 4 is 47.3 Å². The fourth-order valence-electron chi connectivity index (χ4n) is 10.2. The van der Waals surface area contributed by atoms with Crippen LogP contribution in [-0.4, -0.2) is 320 Å². The van der Waals surface area contributed by atoms with Crippen LogP contribution < -0.4 is 42.5 Å². The summed E-state index contributed by atoms with van der Waals surface area (Å²) in [5.74, 6) is -4.92. The molecule has 0 saturated carbocycles. The van der Waals surface area contributed by atoms with E-state index in [4.69, 9.17) is 52.1 Å². The van der Waals surface area contributed by atoms with Crippen molar-refractivity contribution in [3.8, 4) is 0 Å². The second kappa shape index (κ2) is 42.8. The second-order valence-corrected chi connectivity index (χ2v) is 25.5. The van der Waals surface area contributed by atoms with Gasteiger partial charge in [0.1, 0.15) is 85.1 Å². The number of amides is 8. The van der Waals surface area contributed by atoms with Gasteiger partial charge in [0.15, 0.2) is 18.9 Å². The van der Waals surface area contributed by atoms with Gasteiger partial charge in [-0.05, 0) is 67.7 Å². The van der Waals surface area contributed by atoms with Gasteiger partial charge in [0, 0.05) is 59.7 Å². The molecule has 0 aromatic carbocycles. The lowest BCUT2D eigenvalue weighted by Gasteiger charge is -2.42. The number of carbonyl (C=O) groups excluding carboxylic acids is 8. The minimum atomic E-state index is -1.54. The van der Waals surface area contributed by atoms with Crippen LogP contribution in [0.15, 0.2) is 0 Å². The smallest absolute Gasteiger partial charge is 0.242 e. The molecule has 3 heterocycles. The largest absolute Gasteiger partial charge is 0.394 e. The lowest BCUT2D eigenvalue weighted by molar-refractivity contribution is -0.272. The molecule has 0 aliphatic carbocycles. The van der Waals surface area contributed by atoms with Crippen molar-refractivity contribution in [1.82, 2.24) is 42.5 Å². The SMILES string of the molecule is CC(=O)NC1C(OCCOCCNC(=O)CCC(NC(=O)CCC(NC(=O)CCC(C)(C)OCC(C)(C)OC(C)(C)C)C(=O)NCCOCCOC2OC(CO)C(O)C(O)C2NC(C)=O)C(=O)NCCOCCOC2OC(CO)C(O)C(O)C2NC(C)=O)OC(CO)C(O)C1O. The molecule has 556 valence electrons. The predicted molar refractivity (Wildman–Crippen MR) is 332 cm³/mol. The highest BCUT2D eigenvalue weighted by Gasteiger charge is 2.48. The molecule has 17 N–H and O–H groups in total. The van der Waals surface area contributed by atoms with E-state index < -0.39 is 194 Å². The van der Waals surface area contributed by atoms with Crippen LogP contribution in [0.3, 0.4) is 0 Å². The number of rotatable bonds is 44. The second-order valence-electron chi connectivity index (χ2n) is 25.5. The summed E-state index contributed by atoms with van der Waals surface area (Å²) in [6, 6.07) is -6.20. The molecule has 36 nitrogen and oxygen atoms in total. The first kappa shape index (κ1) is 85.2. The zero-order chi connectivity index (χ0) is 71.9. The van der Waals surface area contributed by atoms with Gasteiger partial charge in [-0.2, -0.15) is 0 Å². The van der Waals surface area contributed by atoms with Crippen molar-refractivity contribution < 1.29 is 136 Å². The van der Waals surface area contributed by atoms with Gasteiger partial charge in [-0.3, -0.25) is 38.4 Å². The van der Waals surface area contributed by atoms with Crippen molar-refractivity contribution in [2.24, 2.45) is 0 Å². The monoisotopic (exact) mass is 1390 g/mol. The van der Waals surface area contributed by atoms with Crippen molar-refractivity contribution in [1.29, 1.82) is 0 Å². The molecule has 3 aliphatic rings. The molecule has 0 aromatic heterocycles. The Balaban J connectivity index is 1.68. The minimum absolute atomic E-state index is 0.0206. The van der Waals surface area contributed by atoms with Gasteiger partial charge in [-0.25, -0.2) is 0 Å². The number of hydrogen-bond donors (Lipinski definition) is 17. The summed E-state index contributed by atoms with van der Waals surface area (Å²) < 4.78 is 62.7. The molecule has 8 amide bonds. The molecule has 0 spiro atoms. The van der Waals surface area contributed by atoms with E-state index in [0.717, 1.165) is 0 Å². The maximum atomic E-state index is 13.8. The van der Waals surface area contributed by atoms with E-state index in [9.17, 15) is 84.3 Å². The normalized spacial score (nSPS) is 26.9. The van der Waals surface area contributed by atoms with Crippen LogP contribution in [0.1, 0.15) is 108 Å². The van der Waals surface area contributed by atoms with Gasteiger partial charge in [0.2, 0.25) is 47.3 Å². The van der Waals surface area contributed by atoms with Crippen LogP contribution in [0.2, 0.25) is 0 Å². The van der Waals surface area contributed by atoms with Crippen LogP contribution in [0.25, 0.3) is 0 Å². The fraction of sp³-hybridized carbons (Fsp3) is 0.867. The first-order chi connectivity index (χ1) is 45.1. The Labute approximate surface area is 558 Å². The third kappa shape index (κ3) is 31.4. The maximum Gasteiger partial charge on any atom is 0.242 e. The lowest BCUT2D eigenvalue weighted by Crippen LogP contribution is -2.64. The third-order valence-corrected chi connectivity index (χ3v) is 14.9. The lowest BCUT2D eigenvalue weighted by atomic mass is 9.97. The van der Waals surface area contributed by atoms with Crippen molar-refractivity contribution in [2.75, 3.05) is 106 Å². The highest BCUT2D eigenvalue weighted by Crippen LogP contribution is 2.27. The van der Waals surface area contributed by atoms with Gasteiger partial charge in [0.25, 0.3) is 0 Å². The van der Waals surface area contributed by atoms with Gasteiger partial charge < -0.3 is 141 Å². The number of hydrogen-bond acceptors (Lipinski definition) is 28. The van der Waals surface area contributed by atoms with Gasteiger partial charge in [-0.1, -0.05) is 0 Å². The van der Waals surface area contributed by atoms with Gasteiger partial charge in [-0.15, -0.1) is 0 Å². The van der Waals surface area contributed by atoms with Crippen LogP contribution in [0.4, 0.5) is 0 Å². The molecule has 17 atom stereocenters. The number of nitrogens with one attached hydrogen (secondary N) is 8. The molecule has 3 aliphatic heterocycles. The molecule has 17 unspecified atom stereocenters. The van der Waals surface area contributed by atoms with Crippen LogP contribution in [0, 0.1) is 0 Å². The van der Waals surface area contributed by atoms with Crippen LogP contribution in [0.5, 0.6) is 0 Å². The molecule has 36 heteroatoms. The summed E-state index contributed by atoms with van der Waals surface area (Å²) in [6.45, 7) is 13.7. The van der Waals surface area contributed by atoms with E-state index in [-0.39, 0.29) is 118 Å². The number of carbonyl (C=O) groups is 8. The van der Waals surface area contributed by atoms with Gasteiger partial charge in [0.05, 0.1) is 103 Å². The first-order valence-corrected chi connectivity index (χ1v) is 32.1. The van der Waals surface area contributed by atoms with E-state index in [2.05, 4.69) is 42.5 Å². The van der Waals surface area contributed by atoms with Crippen molar-refractivity contribution in [2.45, 2.75) is 229 Å². The summed E-state index contributed by atoms with van der Waals surface area (Å²) in [4.78, 5) is 104. The molecule has 0 bridgehead atoms. The van der Waals surface area contributed by atoms with E-state index >= 15 is 0 Å². The van der Waals surface area contributed by atoms with E-state index in [0.29, 0.717) is 0 Å². The third-order valence-electron chi connectivity index (χ3n) is 14.9. The summed E-state index contributed by atoms with van der Waals surface area (Å²) in [5, 5.41) is 112. The Kier molecular flexibility index (Phi) is 38.0. The highest BCUT2D eigenvalue weighted by molar-refractivity contribution is 5.90. The van der Waals surface area contributed by atoms with E-state index in [1.54, 1.807) is 13.8 Å². The number of ether oxygens (including phenoxy) is 11. The van der Waals surface area contributed by atoms with Crippen molar-refractivity contribution in [3.63, 3.8) is 0 Å². The average Bonchev–Trinajstić information content (AvgIpc) is 0.825. The Morgan fingerprint density at radius 1 is 0.427 bits per heavy atom. The van der Waals surface area contributed by atoms with Crippen LogP contribution in [-0.2, 0) is 90.5 Å². The molecule has 3 saturated heterocycles. The Hall–Kier alpha value is -5.04. The molecule has 0 aromatic rings. The molecular weight excluding hydrogens is 1280 g/mol. The predicted octanol–water partition coefficient (Wildman–Crippen LogP) is -7.04. The Morgan fingerprint density at radius 3 is 1.09 bits per heavy atom.